The molecule has 3 rings (SSSR count). The average molecular weight is 355 g/mol. The second-order valence-corrected chi connectivity index (χ2v) is 6.52. The Bertz CT molecular complexity index is 785. The van der Waals surface area contributed by atoms with Crippen LogP contribution in [0.3, 0.4) is 0 Å². The minimum absolute atomic E-state index is 0.215. The highest BCUT2D eigenvalue weighted by Crippen LogP contribution is 2.30. The second-order valence-electron chi connectivity index (χ2n) is 6.52. The minimum atomic E-state index is -0.266. The van der Waals surface area contributed by atoms with Gasteiger partial charge >= 0.3 is 6.03 Å². The van der Waals surface area contributed by atoms with Crippen LogP contribution in [0.5, 0.6) is 0 Å². The molecule has 0 bridgehead atoms. The van der Waals surface area contributed by atoms with Crippen molar-refractivity contribution >= 4 is 17.8 Å². The van der Waals surface area contributed by atoms with E-state index in [9.17, 15) is 9.59 Å². The topological polar surface area (TPSA) is 79.3 Å². The van der Waals surface area contributed by atoms with Gasteiger partial charge in [-0.15, -0.1) is 0 Å². The van der Waals surface area contributed by atoms with E-state index in [0.29, 0.717) is 25.3 Å². The van der Waals surface area contributed by atoms with E-state index in [4.69, 9.17) is 0 Å². The van der Waals surface area contributed by atoms with E-state index in [1.165, 1.54) is 0 Å². The van der Waals surface area contributed by atoms with Gasteiger partial charge in [-0.05, 0) is 25.3 Å². The molecule has 0 aliphatic carbocycles. The van der Waals surface area contributed by atoms with Gasteiger partial charge in [-0.2, -0.15) is 5.10 Å². The van der Waals surface area contributed by atoms with Crippen molar-refractivity contribution in [1.82, 2.24) is 20.0 Å². The summed E-state index contributed by atoms with van der Waals surface area (Å²) in [6.07, 6.45) is 2.33. The predicted molar refractivity (Wildman–Crippen MR) is 101 cm³/mol. The molecule has 2 aromatic rings. The Balaban J connectivity index is 1.57. The molecular weight excluding hydrogens is 330 g/mol. The molecule has 0 atom stereocenters. The number of nitrogens with one attached hydrogen (secondary N) is 2. The summed E-state index contributed by atoms with van der Waals surface area (Å²) in [5.41, 5.74) is 2.80. The largest absolute Gasteiger partial charge is 0.343 e. The van der Waals surface area contributed by atoms with Crippen molar-refractivity contribution in [3.8, 4) is 11.1 Å². The Morgan fingerprint density at radius 2 is 2.04 bits per heavy atom. The lowest BCUT2D eigenvalue weighted by molar-refractivity contribution is -0.127. The Kier molecular flexibility index (Phi) is 5.55. The van der Waals surface area contributed by atoms with Gasteiger partial charge in [-0.1, -0.05) is 30.3 Å². The molecule has 2 N–H and O–H groups in total. The highest BCUT2D eigenvalue weighted by molar-refractivity contribution is 5.93. The third-order valence-electron chi connectivity index (χ3n) is 4.58. The number of aromatic nitrogens is 2. The number of urea groups is 1. The Labute approximate surface area is 153 Å². The predicted octanol–water partition coefficient (Wildman–Crippen LogP) is 2.53. The van der Waals surface area contributed by atoms with Gasteiger partial charge in [-0.25, -0.2) is 4.79 Å². The van der Waals surface area contributed by atoms with Gasteiger partial charge in [0.15, 0.2) is 0 Å². The molecule has 1 aromatic heterocycles. The van der Waals surface area contributed by atoms with Crippen LogP contribution in [0.4, 0.5) is 10.6 Å². The Hall–Kier alpha value is -2.83. The van der Waals surface area contributed by atoms with Crippen molar-refractivity contribution in [3.05, 3.63) is 36.0 Å². The van der Waals surface area contributed by atoms with Crippen molar-refractivity contribution in [2.45, 2.75) is 26.2 Å². The Morgan fingerprint density at radius 1 is 1.27 bits per heavy atom. The van der Waals surface area contributed by atoms with Crippen molar-refractivity contribution in [3.63, 3.8) is 0 Å². The normalized spacial score (nSPS) is 13.9. The number of anilines is 1. The van der Waals surface area contributed by atoms with Crippen molar-refractivity contribution in [2.75, 3.05) is 25.0 Å². The summed E-state index contributed by atoms with van der Waals surface area (Å²) in [6, 6.07) is 9.62. The number of likely N-dealkylation sites (tertiary alicyclic amines) is 1. The Morgan fingerprint density at radius 3 is 2.73 bits per heavy atom. The number of amides is 3. The third kappa shape index (κ3) is 4.04. The van der Waals surface area contributed by atoms with Crippen molar-refractivity contribution in [2.24, 2.45) is 7.05 Å². The number of hydrogen-bond donors (Lipinski definition) is 2. The van der Waals surface area contributed by atoms with Crippen molar-refractivity contribution < 1.29 is 9.59 Å². The number of carbonyl (C=O) groups is 2. The lowest BCUT2D eigenvalue weighted by Gasteiger charge is -2.15. The molecule has 0 unspecified atom stereocenters. The van der Waals surface area contributed by atoms with Crippen LogP contribution in [0.15, 0.2) is 30.3 Å². The molecule has 7 nitrogen and oxygen atoms in total. The van der Waals surface area contributed by atoms with Gasteiger partial charge in [0.1, 0.15) is 5.82 Å². The molecule has 7 heteroatoms. The molecule has 26 heavy (non-hydrogen) atoms. The van der Waals surface area contributed by atoms with Crippen LogP contribution < -0.4 is 10.6 Å². The monoisotopic (exact) mass is 355 g/mol. The third-order valence-corrected chi connectivity index (χ3v) is 4.58. The summed E-state index contributed by atoms with van der Waals surface area (Å²) in [5.74, 6) is 0.883. The number of hydrogen-bond acceptors (Lipinski definition) is 3. The highest BCUT2D eigenvalue weighted by Gasteiger charge is 2.19. The molecule has 0 radical (unpaired) electrons. The maximum absolute atomic E-state index is 12.3. The number of carbonyl (C=O) groups excluding carboxylic acids is 2. The summed E-state index contributed by atoms with van der Waals surface area (Å²) in [4.78, 5) is 25.7. The molecule has 1 aromatic carbocycles. The molecular formula is C19H25N5O2. The van der Waals surface area contributed by atoms with Gasteiger partial charge in [0.25, 0.3) is 0 Å². The van der Waals surface area contributed by atoms with E-state index >= 15 is 0 Å². The molecule has 1 fully saturated rings. The van der Waals surface area contributed by atoms with Gasteiger partial charge in [0.2, 0.25) is 5.91 Å². The molecule has 1 saturated heterocycles. The van der Waals surface area contributed by atoms with Crippen LogP contribution in [0.2, 0.25) is 0 Å². The fraction of sp³-hybridized carbons (Fsp3) is 0.421. The molecule has 3 amide bonds. The quantitative estimate of drug-likeness (QED) is 0.782. The van der Waals surface area contributed by atoms with Crippen LogP contribution >= 0.6 is 0 Å². The van der Waals surface area contributed by atoms with E-state index < -0.39 is 0 Å². The highest BCUT2D eigenvalue weighted by atomic mass is 16.2. The number of aryl methyl sites for hydroxylation is 2. The van der Waals surface area contributed by atoms with E-state index in [1.807, 2.05) is 49.2 Å². The summed E-state index contributed by atoms with van der Waals surface area (Å²) >= 11 is 0. The maximum Gasteiger partial charge on any atom is 0.320 e. The van der Waals surface area contributed by atoms with Crippen molar-refractivity contribution in [1.29, 1.82) is 0 Å². The van der Waals surface area contributed by atoms with Gasteiger partial charge in [-0.3, -0.25) is 14.8 Å². The van der Waals surface area contributed by atoms with E-state index in [1.54, 1.807) is 4.68 Å². The van der Waals surface area contributed by atoms with E-state index in [0.717, 1.165) is 36.2 Å². The first-order valence-corrected chi connectivity index (χ1v) is 8.98. The van der Waals surface area contributed by atoms with Crippen LogP contribution in [0, 0.1) is 6.92 Å². The number of rotatable bonds is 6. The molecule has 0 saturated carbocycles. The smallest absolute Gasteiger partial charge is 0.320 e. The molecule has 0 spiro atoms. The summed E-state index contributed by atoms with van der Waals surface area (Å²) in [6.45, 7) is 3.98. The minimum Gasteiger partial charge on any atom is -0.343 e. The lowest BCUT2D eigenvalue weighted by Crippen LogP contribution is -2.33. The number of benzene rings is 1. The first-order valence-electron chi connectivity index (χ1n) is 8.98. The molecule has 2 heterocycles. The summed E-state index contributed by atoms with van der Waals surface area (Å²) < 4.78 is 1.68. The van der Waals surface area contributed by atoms with Gasteiger partial charge < -0.3 is 10.2 Å². The first kappa shape index (κ1) is 18.0. The zero-order valence-electron chi connectivity index (χ0n) is 15.3. The summed E-state index contributed by atoms with van der Waals surface area (Å²) in [7, 11) is 1.81. The number of nitrogens with zero attached hydrogens (tertiary/aromatic N) is 3. The molecule has 138 valence electrons. The standard InChI is InChI=1S/C19H25N5O2/c1-14-17(15-8-4-3-5-9-15)18(23(2)22-14)21-19(26)20-11-7-13-24-12-6-10-16(24)25/h3-5,8-9H,6-7,10-13H2,1-2H3,(H2,20,21,26). The molecule has 1 aliphatic rings. The second kappa shape index (κ2) is 8.03. The zero-order valence-corrected chi connectivity index (χ0v) is 15.3. The van der Waals surface area contributed by atoms with E-state index in [-0.39, 0.29) is 11.9 Å². The average Bonchev–Trinajstić information content (AvgIpc) is 3.15. The van der Waals surface area contributed by atoms with Gasteiger partial charge in [0.05, 0.1) is 5.69 Å². The fourth-order valence-electron chi connectivity index (χ4n) is 3.32. The van der Waals surface area contributed by atoms with E-state index in [2.05, 4.69) is 15.7 Å². The maximum atomic E-state index is 12.3. The van der Waals surface area contributed by atoms with Gasteiger partial charge in [0, 0.05) is 38.7 Å². The van der Waals surface area contributed by atoms with Crippen LogP contribution in [0.25, 0.3) is 11.1 Å². The zero-order chi connectivity index (χ0) is 18.5. The fourth-order valence-corrected chi connectivity index (χ4v) is 3.32. The lowest BCUT2D eigenvalue weighted by atomic mass is 10.1. The molecule has 1 aliphatic heterocycles. The first-order chi connectivity index (χ1) is 12.6. The summed E-state index contributed by atoms with van der Waals surface area (Å²) in [5, 5.41) is 10.2. The SMILES string of the molecule is Cc1nn(C)c(NC(=O)NCCCN2CCCC2=O)c1-c1ccccc1. The van der Waals surface area contributed by atoms with Crippen LogP contribution in [-0.4, -0.2) is 46.3 Å². The van der Waals surface area contributed by atoms with Crippen LogP contribution in [-0.2, 0) is 11.8 Å². The van der Waals surface area contributed by atoms with Crippen LogP contribution in [0.1, 0.15) is 25.0 Å².